The van der Waals surface area contributed by atoms with Gasteiger partial charge in [-0.25, -0.2) is 8.42 Å². The molecule has 24 heavy (non-hydrogen) atoms. The van der Waals surface area contributed by atoms with E-state index in [0.29, 0.717) is 18.8 Å². The van der Waals surface area contributed by atoms with Crippen LogP contribution in [0.3, 0.4) is 0 Å². The van der Waals surface area contributed by atoms with Gasteiger partial charge in [-0.3, -0.25) is 9.69 Å². The van der Waals surface area contributed by atoms with E-state index in [2.05, 4.69) is 15.5 Å². The molecule has 134 valence electrons. The van der Waals surface area contributed by atoms with Gasteiger partial charge in [-0.2, -0.15) is 4.31 Å². The van der Waals surface area contributed by atoms with Crippen molar-refractivity contribution in [2.75, 3.05) is 46.3 Å². The van der Waals surface area contributed by atoms with Gasteiger partial charge in [-0.1, -0.05) is 0 Å². The van der Waals surface area contributed by atoms with Crippen molar-refractivity contribution in [3.8, 4) is 0 Å². The SMILES string of the molecule is CNC(=O)c1cc(S(=O)(=O)N2CCC(N3CCNCC3)C2)cn1C. The van der Waals surface area contributed by atoms with Crippen LogP contribution in [0.15, 0.2) is 17.2 Å². The first-order valence-electron chi connectivity index (χ1n) is 8.27. The molecule has 2 fully saturated rings. The van der Waals surface area contributed by atoms with Gasteiger partial charge in [0.2, 0.25) is 10.0 Å². The number of rotatable bonds is 4. The van der Waals surface area contributed by atoms with Gasteiger partial charge in [-0.05, 0) is 12.5 Å². The van der Waals surface area contributed by atoms with E-state index in [1.54, 1.807) is 15.9 Å². The maximum atomic E-state index is 12.9. The lowest BCUT2D eigenvalue weighted by Crippen LogP contribution is -2.49. The Labute approximate surface area is 142 Å². The number of aromatic nitrogens is 1. The Kier molecular flexibility index (Phi) is 4.95. The second-order valence-corrected chi connectivity index (χ2v) is 8.28. The number of aryl methyl sites for hydroxylation is 1. The Morgan fingerprint density at radius 3 is 2.67 bits per heavy atom. The Bertz CT molecular complexity index is 709. The molecule has 1 aromatic rings. The molecule has 2 aliphatic rings. The summed E-state index contributed by atoms with van der Waals surface area (Å²) in [7, 11) is -0.356. The van der Waals surface area contributed by atoms with Crippen molar-refractivity contribution in [2.45, 2.75) is 17.4 Å². The lowest BCUT2D eigenvalue weighted by molar-refractivity contribution is 0.0955. The zero-order valence-electron chi connectivity index (χ0n) is 14.2. The number of hydrogen-bond donors (Lipinski definition) is 2. The van der Waals surface area contributed by atoms with Crippen molar-refractivity contribution in [2.24, 2.45) is 7.05 Å². The van der Waals surface area contributed by atoms with E-state index in [9.17, 15) is 13.2 Å². The molecule has 0 bridgehead atoms. The number of piperazine rings is 1. The molecular weight excluding hydrogens is 330 g/mol. The molecule has 2 saturated heterocycles. The average molecular weight is 355 g/mol. The first kappa shape index (κ1) is 17.4. The Hall–Kier alpha value is -1.42. The summed E-state index contributed by atoms with van der Waals surface area (Å²) in [5, 5.41) is 5.84. The van der Waals surface area contributed by atoms with Crippen LogP contribution in [0.2, 0.25) is 0 Å². The predicted molar refractivity (Wildman–Crippen MR) is 90.4 cm³/mol. The fourth-order valence-electron chi connectivity index (χ4n) is 3.45. The molecule has 0 aliphatic carbocycles. The predicted octanol–water partition coefficient (Wildman–Crippen LogP) is -0.947. The van der Waals surface area contributed by atoms with Crippen LogP contribution in [0.4, 0.5) is 0 Å². The Balaban J connectivity index is 1.75. The minimum Gasteiger partial charge on any atom is -0.354 e. The van der Waals surface area contributed by atoms with Gasteiger partial charge in [0.25, 0.3) is 5.91 Å². The molecule has 1 atom stereocenters. The fourth-order valence-corrected chi connectivity index (χ4v) is 5.02. The summed E-state index contributed by atoms with van der Waals surface area (Å²) in [6, 6.07) is 1.73. The summed E-state index contributed by atoms with van der Waals surface area (Å²) in [5.41, 5.74) is 0.342. The molecular formula is C15H25N5O3S. The number of nitrogens with one attached hydrogen (secondary N) is 2. The minimum atomic E-state index is -3.56. The van der Waals surface area contributed by atoms with Gasteiger partial charge in [0.05, 0.1) is 0 Å². The van der Waals surface area contributed by atoms with E-state index in [1.165, 1.54) is 19.3 Å². The molecule has 1 aromatic heterocycles. The van der Waals surface area contributed by atoms with Crippen LogP contribution in [0.25, 0.3) is 0 Å². The highest BCUT2D eigenvalue weighted by molar-refractivity contribution is 7.89. The number of carbonyl (C=O) groups is 1. The zero-order chi connectivity index (χ0) is 17.3. The highest BCUT2D eigenvalue weighted by atomic mass is 32.2. The number of amides is 1. The van der Waals surface area contributed by atoms with E-state index in [-0.39, 0.29) is 16.8 Å². The van der Waals surface area contributed by atoms with Gasteiger partial charge in [0.15, 0.2) is 0 Å². The quantitative estimate of drug-likeness (QED) is 0.728. The molecule has 1 amide bonds. The van der Waals surface area contributed by atoms with Crippen molar-refractivity contribution in [3.63, 3.8) is 0 Å². The summed E-state index contributed by atoms with van der Waals surface area (Å²) >= 11 is 0. The van der Waals surface area contributed by atoms with Gasteiger partial charge >= 0.3 is 0 Å². The fraction of sp³-hybridized carbons (Fsp3) is 0.667. The first-order valence-corrected chi connectivity index (χ1v) is 9.71. The van der Waals surface area contributed by atoms with Gasteiger partial charge in [0, 0.05) is 65.6 Å². The van der Waals surface area contributed by atoms with Gasteiger partial charge < -0.3 is 15.2 Å². The smallest absolute Gasteiger partial charge is 0.267 e. The maximum absolute atomic E-state index is 12.9. The Morgan fingerprint density at radius 1 is 1.29 bits per heavy atom. The highest BCUT2D eigenvalue weighted by Crippen LogP contribution is 2.25. The molecule has 3 rings (SSSR count). The zero-order valence-corrected chi connectivity index (χ0v) is 15.0. The second-order valence-electron chi connectivity index (χ2n) is 6.34. The number of nitrogens with zero attached hydrogens (tertiary/aromatic N) is 3. The van der Waals surface area contributed by atoms with Crippen LogP contribution in [0.5, 0.6) is 0 Å². The number of hydrogen-bond acceptors (Lipinski definition) is 5. The standard InChI is InChI=1S/C15H25N5O3S/c1-16-15(21)14-9-13(11-18(14)2)24(22,23)20-6-3-12(10-20)19-7-4-17-5-8-19/h9,11-12,17H,3-8,10H2,1-2H3,(H,16,21). The molecule has 1 unspecified atom stereocenters. The van der Waals surface area contributed by atoms with Crippen molar-refractivity contribution in [1.82, 2.24) is 24.4 Å². The summed E-state index contributed by atoms with van der Waals surface area (Å²) in [6.07, 6.45) is 2.37. The van der Waals surface area contributed by atoms with Crippen LogP contribution in [-0.2, 0) is 17.1 Å². The Morgan fingerprint density at radius 2 is 2.00 bits per heavy atom. The molecule has 0 aromatic carbocycles. The lowest BCUT2D eigenvalue weighted by atomic mass is 10.2. The highest BCUT2D eigenvalue weighted by Gasteiger charge is 2.36. The largest absolute Gasteiger partial charge is 0.354 e. The van der Waals surface area contributed by atoms with Gasteiger partial charge in [-0.15, -0.1) is 0 Å². The maximum Gasteiger partial charge on any atom is 0.267 e. The molecule has 2 aliphatic heterocycles. The van der Waals surface area contributed by atoms with Crippen molar-refractivity contribution < 1.29 is 13.2 Å². The van der Waals surface area contributed by atoms with E-state index in [0.717, 1.165) is 32.6 Å². The minimum absolute atomic E-state index is 0.185. The first-order chi connectivity index (χ1) is 11.4. The van der Waals surface area contributed by atoms with Crippen LogP contribution in [-0.4, -0.2) is 80.5 Å². The lowest BCUT2D eigenvalue weighted by Gasteiger charge is -2.32. The number of carbonyl (C=O) groups excluding carboxylic acids is 1. The summed E-state index contributed by atoms with van der Waals surface area (Å²) < 4.78 is 28.9. The molecule has 2 N–H and O–H groups in total. The molecule has 8 nitrogen and oxygen atoms in total. The molecule has 9 heteroatoms. The third-order valence-corrected chi connectivity index (χ3v) is 6.70. The summed E-state index contributed by atoms with van der Waals surface area (Å²) in [5.74, 6) is -0.293. The van der Waals surface area contributed by atoms with E-state index >= 15 is 0 Å². The van der Waals surface area contributed by atoms with E-state index in [1.807, 2.05) is 0 Å². The van der Waals surface area contributed by atoms with Crippen molar-refractivity contribution in [1.29, 1.82) is 0 Å². The molecule has 0 spiro atoms. The second kappa shape index (κ2) is 6.83. The van der Waals surface area contributed by atoms with E-state index in [4.69, 9.17) is 0 Å². The normalized spacial score (nSPS) is 23.5. The monoisotopic (exact) mass is 355 g/mol. The summed E-state index contributed by atoms with van der Waals surface area (Å²) in [4.78, 5) is 14.4. The topological polar surface area (TPSA) is 86.7 Å². The van der Waals surface area contributed by atoms with Crippen molar-refractivity contribution in [3.05, 3.63) is 18.0 Å². The molecule has 0 radical (unpaired) electrons. The van der Waals surface area contributed by atoms with Crippen LogP contribution in [0.1, 0.15) is 16.9 Å². The van der Waals surface area contributed by atoms with E-state index < -0.39 is 10.0 Å². The third-order valence-electron chi connectivity index (χ3n) is 4.87. The van der Waals surface area contributed by atoms with Crippen LogP contribution < -0.4 is 10.6 Å². The molecule has 0 saturated carbocycles. The summed E-state index contributed by atoms with van der Waals surface area (Å²) in [6.45, 7) is 4.89. The van der Waals surface area contributed by atoms with Crippen LogP contribution >= 0.6 is 0 Å². The van der Waals surface area contributed by atoms with Crippen molar-refractivity contribution >= 4 is 15.9 Å². The number of sulfonamides is 1. The average Bonchev–Trinajstić information content (AvgIpc) is 3.22. The third kappa shape index (κ3) is 3.21. The van der Waals surface area contributed by atoms with Gasteiger partial charge in [0.1, 0.15) is 10.6 Å². The molecule has 3 heterocycles. The van der Waals surface area contributed by atoms with Crippen LogP contribution in [0, 0.1) is 0 Å².